The molecule has 142 valence electrons. The average molecular weight is 397 g/mol. The molecule has 0 fully saturated rings. The Morgan fingerprint density at radius 2 is 1.96 bits per heavy atom. The SMILES string of the molecule is O=Cc1ccc(-c2cnc3c(n2)N(Cc2cccc(CF)c2Cl)CCN3)cc1. The summed E-state index contributed by atoms with van der Waals surface area (Å²) in [6.45, 7) is 1.38. The van der Waals surface area contributed by atoms with Crippen LogP contribution in [0.3, 0.4) is 0 Å². The van der Waals surface area contributed by atoms with E-state index in [1.165, 1.54) is 0 Å². The maximum Gasteiger partial charge on any atom is 0.172 e. The van der Waals surface area contributed by atoms with Crippen LogP contribution in [-0.2, 0) is 13.2 Å². The molecule has 0 atom stereocenters. The molecule has 0 aliphatic carbocycles. The van der Waals surface area contributed by atoms with Crippen LogP contribution < -0.4 is 10.2 Å². The van der Waals surface area contributed by atoms with Crippen molar-refractivity contribution in [2.45, 2.75) is 13.2 Å². The highest BCUT2D eigenvalue weighted by molar-refractivity contribution is 6.32. The fourth-order valence-corrected chi connectivity index (χ4v) is 3.47. The van der Waals surface area contributed by atoms with Gasteiger partial charge >= 0.3 is 0 Å². The number of halogens is 2. The van der Waals surface area contributed by atoms with Gasteiger partial charge in [-0.2, -0.15) is 0 Å². The minimum Gasteiger partial charge on any atom is -0.365 e. The number of benzene rings is 2. The second kappa shape index (κ2) is 7.94. The Bertz CT molecular complexity index is 1010. The van der Waals surface area contributed by atoms with Gasteiger partial charge in [-0.1, -0.05) is 54.1 Å². The van der Waals surface area contributed by atoms with E-state index in [0.29, 0.717) is 34.2 Å². The number of hydrogen-bond acceptors (Lipinski definition) is 5. The van der Waals surface area contributed by atoms with Gasteiger partial charge in [-0.25, -0.2) is 14.4 Å². The Morgan fingerprint density at radius 1 is 1.18 bits per heavy atom. The summed E-state index contributed by atoms with van der Waals surface area (Å²) >= 11 is 6.36. The van der Waals surface area contributed by atoms with Crippen molar-refractivity contribution >= 4 is 29.5 Å². The molecule has 0 bridgehead atoms. The number of aldehydes is 1. The van der Waals surface area contributed by atoms with Crippen molar-refractivity contribution in [2.75, 3.05) is 23.3 Å². The van der Waals surface area contributed by atoms with Gasteiger partial charge < -0.3 is 10.2 Å². The molecule has 0 radical (unpaired) electrons. The summed E-state index contributed by atoms with van der Waals surface area (Å²) in [5.41, 5.74) is 3.55. The highest BCUT2D eigenvalue weighted by Gasteiger charge is 2.21. The summed E-state index contributed by atoms with van der Waals surface area (Å²) in [4.78, 5) is 22.2. The lowest BCUT2D eigenvalue weighted by molar-refractivity contribution is 0.112. The molecule has 7 heteroatoms. The molecule has 2 aromatic carbocycles. The van der Waals surface area contributed by atoms with Gasteiger partial charge in [0.05, 0.1) is 16.9 Å². The zero-order valence-corrected chi connectivity index (χ0v) is 15.8. The first-order valence-corrected chi connectivity index (χ1v) is 9.31. The summed E-state index contributed by atoms with van der Waals surface area (Å²) in [5, 5.41) is 3.71. The second-order valence-electron chi connectivity index (χ2n) is 6.54. The lowest BCUT2D eigenvalue weighted by Crippen LogP contribution is -2.35. The topological polar surface area (TPSA) is 58.1 Å². The third kappa shape index (κ3) is 3.55. The highest BCUT2D eigenvalue weighted by Crippen LogP contribution is 2.31. The third-order valence-electron chi connectivity index (χ3n) is 4.73. The molecule has 1 aromatic heterocycles. The number of nitrogens with zero attached hydrogens (tertiary/aromatic N) is 3. The van der Waals surface area contributed by atoms with Crippen molar-refractivity contribution < 1.29 is 9.18 Å². The van der Waals surface area contributed by atoms with Crippen LogP contribution in [0, 0.1) is 0 Å². The summed E-state index contributed by atoms with van der Waals surface area (Å²) in [7, 11) is 0. The van der Waals surface area contributed by atoms with Gasteiger partial charge in [0.15, 0.2) is 11.6 Å². The van der Waals surface area contributed by atoms with Gasteiger partial charge in [-0.15, -0.1) is 0 Å². The Labute approximate surface area is 167 Å². The number of carbonyl (C=O) groups excluding carboxylic acids is 1. The van der Waals surface area contributed by atoms with Gasteiger partial charge in [-0.05, 0) is 5.56 Å². The van der Waals surface area contributed by atoms with Crippen molar-refractivity contribution in [3.05, 3.63) is 70.4 Å². The molecule has 1 aliphatic rings. The second-order valence-corrected chi connectivity index (χ2v) is 6.92. The smallest absolute Gasteiger partial charge is 0.172 e. The number of carbonyl (C=O) groups is 1. The van der Waals surface area contributed by atoms with Crippen molar-refractivity contribution in [3.8, 4) is 11.3 Å². The Morgan fingerprint density at radius 3 is 2.71 bits per heavy atom. The zero-order chi connectivity index (χ0) is 19.5. The number of nitrogens with one attached hydrogen (secondary N) is 1. The fraction of sp³-hybridized carbons (Fsp3) is 0.190. The molecule has 1 N–H and O–H groups in total. The summed E-state index contributed by atoms with van der Waals surface area (Å²) in [5.74, 6) is 1.43. The zero-order valence-electron chi connectivity index (χ0n) is 15.0. The molecule has 3 aromatic rings. The molecule has 0 saturated carbocycles. The van der Waals surface area contributed by atoms with Crippen LogP contribution in [0.5, 0.6) is 0 Å². The number of hydrogen-bond donors (Lipinski definition) is 1. The number of rotatable bonds is 5. The molecular formula is C21H18ClFN4O. The van der Waals surface area contributed by atoms with Crippen LogP contribution in [0.25, 0.3) is 11.3 Å². The van der Waals surface area contributed by atoms with Crippen molar-refractivity contribution in [2.24, 2.45) is 0 Å². The Hall–Kier alpha value is -2.99. The third-order valence-corrected chi connectivity index (χ3v) is 5.22. The first-order valence-electron chi connectivity index (χ1n) is 8.93. The van der Waals surface area contributed by atoms with E-state index in [4.69, 9.17) is 16.6 Å². The van der Waals surface area contributed by atoms with Gasteiger partial charge in [0.2, 0.25) is 0 Å². The van der Waals surface area contributed by atoms with Crippen LogP contribution in [-0.4, -0.2) is 29.3 Å². The summed E-state index contributed by atoms with van der Waals surface area (Å²) in [6, 6.07) is 12.6. The number of anilines is 2. The quantitative estimate of drug-likeness (QED) is 0.643. The maximum atomic E-state index is 13.1. The molecule has 0 unspecified atom stereocenters. The highest BCUT2D eigenvalue weighted by atomic mass is 35.5. The Balaban J connectivity index is 1.67. The van der Waals surface area contributed by atoms with Gasteiger partial charge in [0.25, 0.3) is 0 Å². The molecule has 4 rings (SSSR count). The molecule has 2 heterocycles. The van der Waals surface area contributed by atoms with Crippen LogP contribution >= 0.6 is 11.6 Å². The predicted molar refractivity (Wildman–Crippen MR) is 109 cm³/mol. The minimum atomic E-state index is -0.592. The van der Waals surface area contributed by atoms with E-state index in [0.717, 1.165) is 36.3 Å². The van der Waals surface area contributed by atoms with Gasteiger partial charge in [0.1, 0.15) is 13.0 Å². The van der Waals surface area contributed by atoms with Crippen LogP contribution in [0.1, 0.15) is 21.5 Å². The first-order chi connectivity index (χ1) is 13.7. The lowest BCUT2D eigenvalue weighted by atomic mass is 10.1. The van der Waals surface area contributed by atoms with E-state index in [1.807, 2.05) is 24.3 Å². The van der Waals surface area contributed by atoms with E-state index >= 15 is 0 Å². The van der Waals surface area contributed by atoms with Crippen molar-refractivity contribution in [1.82, 2.24) is 9.97 Å². The normalized spacial score (nSPS) is 13.0. The van der Waals surface area contributed by atoms with Crippen LogP contribution in [0.15, 0.2) is 48.7 Å². The summed E-state index contributed by atoms with van der Waals surface area (Å²) < 4.78 is 13.1. The maximum absolute atomic E-state index is 13.1. The average Bonchev–Trinajstić information content (AvgIpc) is 2.75. The summed E-state index contributed by atoms with van der Waals surface area (Å²) in [6.07, 6.45) is 2.52. The molecule has 0 saturated heterocycles. The van der Waals surface area contributed by atoms with Gasteiger partial charge in [-0.3, -0.25) is 4.79 Å². The molecule has 0 spiro atoms. The van der Waals surface area contributed by atoms with E-state index in [2.05, 4.69) is 15.2 Å². The predicted octanol–water partition coefficient (Wildman–Crippen LogP) is 4.51. The Kier molecular flexibility index (Phi) is 5.21. The molecular weight excluding hydrogens is 379 g/mol. The molecule has 1 aliphatic heterocycles. The van der Waals surface area contributed by atoms with Crippen molar-refractivity contribution in [1.29, 1.82) is 0 Å². The van der Waals surface area contributed by atoms with E-state index in [1.54, 1.807) is 24.4 Å². The standard InChI is InChI=1S/C21H18ClFN4O/c22-19-16(10-23)2-1-3-17(19)12-27-9-8-24-20-21(27)26-18(11-25-20)15-6-4-14(13-28)5-7-15/h1-7,11,13H,8-10,12H2,(H,24,25). The largest absolute Gasteiger partial charge is 0.365 e. The fourth-order valence-electron chi connectivity index (χ4n) is 3.23. The van der Waals surface area contributed by atoms with E-state index in [-0.39, 0.29) is 0 Å². The van der Waals surface area contributed by atoms with E-state index < -0.39 is 6.67 Å². The van der Waals surface area contributed by atoms with Crippen molar-refractivity contribution in [3.63, 3.8) is 0 Å². The lowest BCUT2D eigenvalue weighted by Gasteiger charge is -2.30. The van der Waals surface area contributed by atoms with Crippen LogP contribution in [0.2, 0.25) is 5.02 Å². The first kappa shape index (κ1) is 18.4. The monoisotopic (exact) mass is 396 g/mol. The number of alkyl halides is 1. The number of aromatic nitrogens is 2. The van der Waals surface area contributed by atoms with E-state index in [9.17, 15) is 9.18 Å². The van der Waals surface area contributed by atoms with Gasteiger partial charge in [0, 0.05) is 36.3 Å². The molecule has 0 amide bonds. The minimum absolute atomic E-state index is 0.457. The molecule has 28 heavy (non-hydrogen) atoms. The number of fused-ring (bicyclic) bond motifs is 1. The van der Waals surface area contributed by atoms with Crippen LogP contribution in [0.4, 0.5) is 16.0 Å². The molecule has 5 nitrogen and oxygen atoms in total.